The van der Waals surface area contributed by atoms with Crippen LogP contribution in [0.3, 0.4) is 0 Å². The maximum absolute atomic E-state index is 9.57. The summed E-state index contributed by atoms with van der Waals surface area (Å²) in [7, 11) is 0. The van der Waals surface area contributed by atoms with Crippen LogP contribution in [0.5, 0.6) is 0 Å². The van der Waals surface area contributed by atoms with Crippen LogP contribution < -0.4 is 0 Å². The molecule has 0 bridgehead atoms. The van der Waals surface area contributed by atoms with Crippen LogP contribution in [0.2, 0.25) is 10.0 Å². The number of hydrogen-bond acceptors (Lipinski definition) is 1. The van der Waals surface area contributed by atoms with Gasteiger partial charge in [0, 0.05) is 15.6 Å². The monoisotopic (exact) mass is 276 g/mol. The van der Waals surface area contributed by atoms with Gasteiger partial charge in [-0.05, 0) is 29.3 Å². The summed E-state index contributed by atoms with van der Waals surface area (Å²) in [4.78, 5) is 0. The standard InChI is InChI=1S/C15H10Cl2O/c1-2-15(18)13-8-5-11(9-14(13)17)10-3-6-12(16)7-4-10/h1,3-9,15,18H. The van der Waals surface area contributed by atoms with Gasteiger partial charge in [0.1, 0.15) is 6.10 Å². The Morgan fingerprint density at radius 2 is 1.61 bits per heavy atom. The van der Waals surface area contributed by atoms with Gasteiger partial charge < -0.3 is 5.11 Å². The predicted molar refractivity (Wildman–Crippen MR) is 75.7 cm³/mol. The molecule has 90 valence electrons. The molecule has 0 aliphatic carbocycles. The molecule has 0 radical (unpaired) electrons. The van der Waals surface area contributed by atoms with E-state index < -0.39 is 6.10 Å². The van der Waals surface area contributed by atoms with E-state index in [-0.39, 0.29) is 0 Å². The third-order valence-corrected chi connectivity index (χ3v) is 3.21. The van der Waals surface area contributed by atoms with Crippen molar-refractivity contribution in [3.05, 3.63) is 58.1 Å². The van der Waals surface area contributed by atoms with E-state index in [0.717, 1.165) is 11.1 Å². The first kappa shape index (κ1) is 13.0. The number of rotatable bonds is 2. The van der Waals surface area contributed by atoms with Gasteiger partial charge in [-0.3, -0.25) is 0 Å². The van der Waals surface area contributed by atoms with E-state index in [1.807, 2.05) is 30.3 Å². The fourth-order valence-electron chi connectivity index (χ4n) is 1.66. The molecule has 18 heavy (non-hydrogen) atoms. The first-order valence-electron chi connectivity index (χ1n) is 5.31. The van der Waals surface area contributed by atoms with Crippen molar-refractivity contribution in [3.8, 4) is 23.5 Å². The van der Waals surface area contributed by atoms with Crippen molar-refractivity contribution in [3.63, 3.8) is 0 Å². The van der Waals surface area contributed by atoms with Crippen molar-refractivity contribution >= 4 is 23.2 Å². The number of aliphatic hydroxyl groups is 1. The van der Waals surface area contributed by atoms with Crippen LogP contribution >= 0.6 is 23.2 Å². The average molecular weight is 277 g/mol. The lowest BCUT2D eigenvalue weighted by Gasteiger charge is -2.09. The summed E-state index contributed by atoms with van der Waals surface area (Å²) in [6.45, 7) is 0. The summed E-state index contributed by atoms with van der Waals surface area (Å²) in [5.41, 5.74) is 2.49. The Balaban J connectivity index is 2.40. The van der Waals surface area contributed by atoms with Crippen LogP contribution in [0.4, 0.5) is 0 Å². The molecule has 0 saturated heterocycles. The van der Waals surface area contributed by atoms with E-state index in [0.29, 0.717) is 15.6 Å². The van der Waals surface area contributed by atoms with Crippen molar-refractivity contribution in [2.75, 3.05) is 0 Å². The predicted octanol–water partition coefficient (Wildman–Crippen LogP) is 4.33. The van der Waals surface area contributed by atoms with E-state index in [9.17, 15) is 5.11 Å². The molecular formula is C15H10Cl2O. The molecule has 2 rings (SSSR count). The lowest BCUT2D eigenvalue weighted by molar-refractivity contribution is 0.238. The van der Waals surface area contributed by atoms with Crippen LogP contribution in [0, 0.1) is 12.3 Å². The molecule has 0 aliphatic rings. The quantitative estimate of drug-likeness (QED) is 0.810. The summed E-state index contributed by atoms with van der Waals surface area (Å²) < 4.78 is 0. The van der Waals surface area contributed by atoms with Gasteiger partial charge in [-0.1, -0.05) is 53.4 Å². The molecule has 0 saturated carbocycles. The van der Waals surface area contributed by atoms with E-state index in [2.05, 4.69) is 5.92 Å². The Kier molecular flexibility index (Phi) is 3.93. The summed E-state index contributed by atoms with van der Waals surface area (Å²) in [6, 6.07) is 12.8. The SMILES string of the molecule is C#CC(O)c1ccc(-c2ccc(Cl)cc2)cc1Cl. The molecule has 0 amide bonds. The van der Waals surface area contributed by atoms with Crippen LogP contribution in [0.1, 0.15) is 11.7 Å². The minimum Gasteiger partial charge on any atom is -0.376 e. The van der Waals surface area contributed by atoms with E-state index in [4.69, 9.17) is 29.6 Å². The second-order valence-corrected chi connectivity index (χ2v) is 4.66. The van der Waals surface area contributed by atoms with Crippen molar-refractivity contribution in [2.45, 2.75) is 6.10 Å². The summed E-state index contributed by atoms with van der Waals surface area (Å²) >= 11 is 11.9. The number of hydrogen-bond donors (Lipinski definition) is 1. The molecule has 0 aromatic heterocycles. The zero-order valence-corrected chi connectivity index (χ0v) is 10.9. The van der Waals surface area contributed by atoms with Crippen LogP contribution in [-0.2, 0) is 0 Å². The summed E-state index contributed by atoms with van der Waals surface area (Å²) in [5, 5.41) is 10.7. The van der Waals surface area contributed by atoms with Crippen molar-refractivity contribution < 1.29 is 5.11 Å². The molecule has 0 fully saturated rings. The molecule has 0 heterocycles. The van der Waals surface area contributed by atoms with Gasteiger partial charge >= 0.3 is 0 Å². The molecular weight excluding hydrogens is 267 g/mol. The average Bonchev–Trinajstić information content (AvgIpc) is 2.38. The minimum absolute atomic E-state index is 0.452. The Bertz CT molecular complexity index is 597. The van der Waals surface area contributed by atoms with Gasteiger partial charge in [-0.15, -0.1) is 6.42 Å². The molecule has 0 aliphatic heterocycles. The van der Waals surface area contributed by atoms with Crippen LogP contribution in [0.15, 0.2) is 42.5 Å². The fraction of sp³-hybridized carbons (Fsp3) is 0.0667. The van der Waals surface area contributed by atoms with Crippen molar-refractivity contribution in [1.29, 1.82) is 0 Å². The Morgan fingerprint density at radius 3 is 2.17 bits per heavy atom. The molecule has 1 atom stereocenters. The smallest absolute Gasteiger partial charge is 0.141 e. The Labute approximate surface area is 116 Å². The number of aliphatic hydroxyl groups excluding tert-OH is 1. The van der Waals surface area contributed by atoms with Crippen LogP contribution in [-0.4, -0.2) is 5.11 Å². The topological polar surface area (TPSA) is 20.2 Å². The molecule has 2 aromatic carbocycles. The first-order valence-corrected chi connectivity index (χ1v) is 6.07. The van der Waals surface area contributed by atoms with Crippen molar-refractivity contribution in [2.24, 2.45) is 0 Å². The minimum atomic E-state index is -0.975. The number of terminal acetylenes is 1. The van der Waals surface area contributed by atoms with Gasteiger partial charge in [0.25, 0.3) is 0 Å². The maximum atomic E-state index is 9.57. The fourth-order valence-corrected chi connectivity index (χ4v) is 2.07. The highest BCUT2D eigenvalue weighted by Gasteiger charge is 2.09. The zero-order chi connectivity index (χ0) is 13.1. The largest absolute Gasteiger partial charge is 0.376 e. The highest BCUT2D eigenvalue weighted by molar-refractivity contribution is 6.32. The Morgan fingerprint density at radius 1 is 1.00 bits per heavy atom. The molecule has 1 nitrogen and oxygen atoms in total. The number of halogens is 2. The summed E-state index contributed by atoms with van der Waals surface area (Å²) in [5.74, 6) is 2.24. The molecule has 3 heteroatoms. The number of benzene rings is 2. The molecule has 2 aromatic rings. The lowest BCUT2D eigenvalue weighted by atomic mass is 10.0. The maximum Gasteiger partial charge on any atom is 0.141 e. The van der Waals surface area contributed by atoms with Crippen molar-refractivity contribution in [1.82, 2.24) is 0 Å². The Hall–Kier alpha value is -1.46. The van der Waals surface area contributed by atoms with E-state index in [1.54, 1.807) is 12.1 Å². The second kappa shape index (κ2) is 5.46. The third-order valence-electron chi connectivity index (χ3n) is 2.63. The van der Waals surface area contributed by atoms with E-state index in [1.165, 1.54) is 0 Å². The van der Waals surface area contributed by atoms with Crippen LogP contribution in [0.25, 0.3) is 11.1 Å². The highest BCUT2D eigenvalue weighted by Crippen LogP contribution is 2.29. The van der Waals surface area contributed by atoms with E-state index >= 15 is 0 Å². The third kappa shape index (κ3) is 2.68. The van der Waals surface area contributed by atoms with Gasteiger partial charge in [0.05, 0.1) is 0 Å². The molecule has 1 unspecified atom stereocenters. The summed E-state index contributed by atoms with van der Waals surface area (Å²) in [6.07, 6.45) is 4.19. The zero-order valence-electron chi connectivity index (χ0n) is 9.40. The lowest BCUT2D eigenvalue weighted by Crippen LogP contribution is -1.94. The second-order valence-electron chi connectivity index (χ2n) is 3.81. The van der Waals surface area contributed by atoms with Gasteiger partial charge in [0.15, 0.2) is 0 Å². The molecule has 1 N–H and O–H groups in total. The molecule has 0 spiro atoms. The first-order chi connectivity index (χ1) is 8.61. The van der Waals surface area contributed by atoms with Gasteiger partial charge in [-0.25, -0.2) is 0 Å². The van der Waals surface area contributed by atoms with Gasteiger partial charge in [0.2, 0.25) is 0 Å². The highest BCUT2D eigenvalue weighted by atomic mass is 35.5. The van der Waals surface area contributed by atoms with Gasteiger partial charge in [-0.2, -0.15) is 0 Å². The normalized spacial score (nSPS) is 11.9.